The van der Waals surface area contributed by atoms with Gasteiger partial charge < -0.3 is 10.1 Å². The van der Waals surface area contributed by atoms with E-state index in [1.54, 1.807) is 7.11 Å². The van der Waals surface area contributed by atoms with Crippen molar-refractivity contribution in [1.82, 2.24) is 9.55 Å². The van der Waals surface area contributed by atoms with E-state index in [1.807, 2.05) is 85.8 Å². The minimum Gasteiger partial charge on any atom is -0.496 e. The highest BCUT2D eigenvalue weighted by Gasteiger charge is 2.35. The van der Waals surface area contributed by atoms with Crippen molar-refractivity contribution in [3.05, 3.63) is 101 Å². The van der Waals surface area contributed by atoms with Crippen LogP contribution < -0.4 is 10.1 Å². The summed E-state index contributed by atoms with van der Waals surface area (Å²) in [5, 5.41) is 3.36. The van der Waals surface area contributed by atoms with Gasteiger partial charge in [-0.05, 0) is 25.1 Å². The Balaban J connectivity index is 1.80. The largest absolute Gasteiger partial charge is 0.496 e. The monoisotopic (exact) mass is 395 g/mol. The quantitative estimate of drug-likeness (QED) is 0.482. The van der Waals surface area contributed by atoms with Crippen LogP contribution in [0.1, 0.15) is 28.9 Å². The third kappa shape index (κ3) is 2.78. The highest BCUT2D eigenvalue weighted by atomic mass is 16.5. The van der Waals surface area contributed by atoms with Gasteiger partial charge in [0.15, 0.2) is 5.78 Å². The Morgan fingerprint density at radius 3 is 2.47 bits per heavy atom. The third-order valence-electron chi connectivity index (χ3n) is 5.54. The molecule has 1 atom stereocenters. The molecule has 5 rings (SSSR count). The predicted molar refractivity (Wildman–Crippen MR) is 118 cm³/mol. The number of allylic oxidation sites excluding steroid dienone is 2. The van der Waals surface area contributed by atoms with Crippen molar-refractivity contribution in [3.8, 4) is 5.75 Å². The number of ether oxygens (including phenoxy) is 1. The standard InChI is InChI=1S/C25H21N3O2/c1-16-22(24(29)17-10-4-3-5-11-17)23(18-12-6-9-15-21(18)30-2)28-20-14-8-7-13-19(20)27-25(28)26-16/h3-15,23H,1-2H3,(H,26,27). The van der Waals surface area contributed by atoms with Crippen molar-refractivity contribution in [2.45, 2.75) is 13.0 Å². The molecule has 5 heteroatoms. The highest BCUT2D eigenvalue weighted by molar-refractivity contribution is 6.11. The van der Waals surface area contributed by atoms with Crippen LogP contribution in [0.5, 0.6) is 5.75 Å². The average Bonchev–Trinajstić information content (AvgIpc) is 3.16. The third-order valence-corrected chi connectivity index (χ3v) is 5.54. The van der Waals surface area contributed by atoms with Crippen molar-refractivity contribution in [3.63, 3.8) is 0 Å². The summed E-state index contributed by atoms with van der Waals surface area (Å²) in [6, 6.07) is 24.8. The van der Waals surface area contributed by atoms with Crippen LogP contribution in [0, 0.1) is 0 Å². The van der Waals surface area contributed by atoms with Gasteiger partial charge in [0.2, 0.25) is 5.95 Å². The first-order valence-corrected chi connectivity index (χ1v) is 9.86. The van der Waals surface area contributed by atoms with Gasteiger partial charge in [0.05, 0.1) is 24.2 Å². The summed E-state index contributed by atoms with van der Waals surface area (Å²) in [5.41, 5.74) is 4.89. The van der Waals surface area contributed by atoms with Crippen LogP contribution >= 0.6 is 0 Å². The highest BCUT2D eigenvalue weighted by Crippen LogP contribution is 2.42. The minimum absolute atomic E-state index is 0.0139. The molecule has 0 bridgehead atoms. The van der Waals surface area contributed by atoms with Crippen LogP contribution in [0.15, 0.2) is 90.1 Å². The molecule has 4 aromatic rings. The molecule has 2 heterocycles. The van der Waals surface area contributed by atoms with E-state index in [4.69, 9.17) is 9.72 Å². The molecule has 1 aliphatic rings. The number of benzene rings is 3. The van der Waals surface area contributed by atoms with Crippen LogP contribution in [0.3, 0.4) is 0 Å². The molecule has 0 saturated heterocycles. The molecular formula is C25H21N3O2. The summed E-state index contributed by atoms with van der Waals surface area (Å²) in [6.45, 7) is 1.93. The lowest BCUT2D eigenvalue weighted by Crippen LogP contribution is -2.28. The van der Waals surface area contributed by atoms with E-state index in [0.717, 1.165) is 28.0 Å². The first-order valence-electron chi connectivity index (χ1n) is 9.86. The molecule has 0 fully saturated rings. The summed E-state index contributed by atoms with van der Waals surface area (Å²) in [6.07, 6.45) is 0. The van der Waals surface area contributed by atoms with E-state index in [0.29, 0.717) is 17.1 Å². The van der Waals surface area contributed by atoms with E-state index in [-0.39, 0.29) is 11.8 Å². The van der Waals surface area contributed by atoms with E-state index in [9.17, 15) is 4.79 Å². The van der Waals surface area contributed by atoms with E-state index < -0.39 is 0 Å². The lowest BCUT2D eigenvalue weighted by molar-refractivity contribution is 0.102. The number of hydrogen-bond donors (Lipinski definition) is 1. The fraction of sp³-hybridized carbons (Fsp3) is 0.120. The topological polar surface area (TPSA) is 56.1 Å². The number of hydrogen-bond acceptors (Lipinski definition) is 4. The first kappa shape index (κ1) is 18.2. The number of ketones is 1. The number of Topliss-reactive ketones (excluding diaryl/α,β-unsaturated/α-hetero) is 1. The first-order chi connectivity index (χ1) is 14.7. The molecule has 1 unspecified atom stereocenters. The van der Waals surface area contributed by atoms with Gasteiger partial charge in [-0.15, -0.1) is 0 Å². The number of carbonyl (C=O) groups is 1. The fourth-order valence-corrected chi connectivity index (χ4v) is 4.19. The number of aromatic nitrogens is 2. The number of carbonyl (C=O) groups excluding carboxylic acids is 1. The smallest absolute Gasteiger partial charge is 0.209 e. The summed E-state index contributed by atoms with van der Waals surface area (Å²) < 4.78 is 7.78. The van der Waals surface area contributed by atoms with Gasteiger partial charge in [-0.2, -0.15) is 0 Å². The number of methoxy groups -OCH3 is 1. The Morgan fingerprint density at radius 1 is 0.967 bits per heavy atom. The van der Waals surface area contributed by atoms with Gasteiger partial charge in [-0.3, -0.25) is 9.36 Å². The van der Waals surface area contributed by atoms with E-state index in [1.165, 1.54) is 0 Å². The number of nitrogens with zero attached hydrogens (tertiary/aromatic N) is 2. The molecule has 148 valence electrons. The number of rotatable bonds is 4. The predicted octanol–water partition coefficient (Wildman–Crippen LogP) is 5.22. The van der Waals surface area contributed by atoms with Crippen molar-refractivity contribution in [2.24, 2.45) is 0 Å². The van der Waals surface area contributed by atoms with Crippen LogP contribution in [0.4, 0.5) is 5.95 Å². The maximum Gasteiger partial charge on any atom is 0.209 e. The fourth-order valence-electron chi connectivity index (χ4n) is 4.19. The lowest BCUT2D eigenvalue weighted by atomic mass is 9.89. The van der Waals surface area contributed by atoms with Crippen LogP contribution in [-0.2, 0) is 0 Å². The molecule has 5 nitrogen and oxygen atoms in total. The summed E-state index contributed by atoms with van der Waals surface area (Å²) in [4.78, 5) is 18.5. The van der Waals surface area contributed by atoms with Crippen molar-refractivity contribution < 1.29 is 9.53 Å². The van der Waals surface area contributed by atoms with E-state index in [2.05, 4.69) is 9.88 Å². The van der Waals surface area contributed by atoms with Gasteiger partial charge in [0.25, 0.3) is 0 Å². The maximum atomic E-state index is 13.7. The molecule has 0 spiro atoms. The van der Waals surface area contributed by atoms with Gasteiger partial charge in [0, 0.05) is 22.4 Å². The molecular weight excluding hydrogens is 374 g/mol. The van der Waals surface area contributed by atoms with Crippen LogP contribution in [-0.4, -0.2) is 22.4 Å². The number of para-hydroxylation sites is 3. The number of nitrogens with one attached hydrogen (secondary N) is 1. The molecule has 1 aliphatic heterocycles. The Bertz CT molecular complexity index is 1290. The summed E-state index contributed by atoms with van der Waals surface area (Å²) in [7, 11) is 1.65. The molecule has 0 amide bonds. The molecule has 3 aromatic carbocycles. The second-order valence-electron chi connectivity index (χ2n) is 7.30. The molecule has 30 heavy (non-hydrogen) atoms. The van der Waals surface area contributed by atoms with Crippen molar-refractivity contribution in [1.29, 1.82) is 0 Å². The number of imidazole rings is 1. The number of anilines is 1. The Morgan fingerprint density at radius 2 is 1.67 bits per heavy atom. The zero-order valence-electron chi connectivity index (χ0n) is 16.8. The molecule has 0 aliphatic carbocycles. The zero-order valence-corrected chi connectivity index (χ0v) is 16.8. The Kier molecular flexibility index (Phi) is 4.36. The molecule has 0 radical (unpaired) electrons. The Hall–Kier alpha value is -3.86. The summed E-state index contributed by atoms with van der Waals surface area (Å²) >= 11 is 0. The van der Waals surface area contributed by atoms with Crippen LogP contribution in [0.25, 0.3) is 11.0 Å². The number of fused-ring (bicyclic) bond motifs is 3. The second-order valence-corrected chi connectivity index (χ2v) is 7.30. The minimum atomic E-state index is -0.363. The second kappa shape index (κ2) is 7.19. The molecule has 1 N–H and O–H groups in total. The SMILES string of the molecule is COc1ccccc1C1C(C(=O)c2ccccc2)=C(C)Nc2nc3ccccc3n21. The average molecular weight is 395 g/mol. The lowest BCUT2D eigenvalue weighted by Gasteiger charge is -2.31. The molecule has 0 saturated carbocycles. The van der Waals surface area contributed by atoms with Gasteiger partial charge in [0.1, 0.15) is 5.75 Å². The maximum absolute atomic E-state index is 13.7. The summed E-state index contributed by atoms with van der Waals surface area (Å²) in [5.74, 6) is 1.44. The van der Waals surface area contributed by atoms with Crippen LogP contribution in [0.2, 0.25) is 0 Å². The van der Waals surface area contributed by atoms with Crippen molar-refractivity contribution in [2.75, 3.05) is 12.4 Å². The van der Waals surface area contributed by atoms with E-state index >= 15 is 0 Å². The Labute approximate surface area is 174 Å². The van der Waals surface area contributed by atoms with Gasteiger partial charge in [-0.1, -0.05) is 60.7 Å². The zero-order chi connectivity index (χ0) is 20.7. The molecule has 1 aromatic heterocycles. The van der Waals surface area contributed by atoms with Gasteiger partial charge >= 0.3 is 0 Å². The normalized spacial score (nSPS) is 15.6. The van der Waals surface area contributed by atoms with Gasteiger partial charge in [-0.25, -0.2) is 4.98 Å². The van der Waals surface area contributed by atoms with Crippen molar-refractivity contribution >= 4 is 22.8 Å².